The zero-order chi connectivity index (χ0) is 17.9. The molecule has 138 valence electrons. The second-order valence-corrected chi connectivity index (χ2v) is 8.39. The van der Waals surface area contributed by atoms with Crippen molar-refractivity contribution in [3.05, 3.63) is 51.7 Å². The summed E-state index contributed by atoms with van der Waals surface area (Å²) in [6.45, 7) is 4.94. The monoisotopic (exact) mass is 370 g/mol. The molecule has 0 aliphatic carbocycles. The minimum atomic E-state index is 0.0632. The number of rotatable bonds is 4. The van der Waals surface area contributed by atoms with Crippen LogP contribution in [0, 0.1) is 6.92 Å². The van der Waals surface area contributed by atoms with E-state index in [2.05, 4.69) is 47.5 Å². The van der Waals surface area contributed by atoms with Crippen LogP contribution in [-0.2, 0) is 4.74 Å². The molecule has 1 N–H and O–H groups in total. The van der Waals surface area contributed by atoms with E-state index in [4.69, 9.17) is 4.74 Å². The highest BCUT2D eigenvalue weighted by molar-refractivity contribution is 7.14. The fourth-order valence-corrected chi connectivity index (χ4v) is 4.81. The van der Waals surface area contributed by atoms with Gasteiger partial charge in [0.15, 0.2) is 0 Å². The van der Waals surface area contributed by atoms with Crippen molar-refractivity contribution in [2.45, 2.75) is 44.8 Å². The van der Waals surface area contributed by atoms with Gasteiger partial charge in [0.2, 0.25) is 0 Å². The molecule has 2 aliphatic rings. The number of nitrogens with one attached hydrogen (secondary N) is 1. The van der Waals surface area contributed by atoms with Crippen molar-refractivity contribution < 1.29 is 9.53 Å². The Kier molecular flexibility index (Phi) is 5.27. The number of amides is 1. The Morgan fingerprint density at radius 3 is 2.77 bits per heavy atom. The molecule has 1 atom stereocenters. The summed E-state index contributed by atoms with van der Waals surface area (Å²) in [4.78, 5) is 17.0. The molecule has 2 fully saturated rings. The van der Waals surface area contributed by atoms with Crippen LogP contribution in [0.25, 0.3) is 0 Å². The first-order valence-corrected chi connectivity index (χ1v) is 10.3. The molecule has 2 saturated heterocycles. The first-order valence-electron chi connectivity index (χ1n) is 9.53. The Hall–Kier alpha value is -1.85. The fraction of sp³-hybridized carbons (Fsp3) is 0.476. The average molecular weight is 371 g/mol. The first kappa shape index (κ1) is 17.6. The lowest BCUT2D eigenvalue weighted by Gasteiger charge is -2.34. The van der Waals surface area contributed by atoms with E-state index in [1.165, 1.54) is 16.1 Å². The van der Waals surface area contributed by atoms with E-state index in [1.54, 1.807) is 11.3 Å². The molecule has 1 aromatic carbocycles. The third kappa shape index (κ3) is 3.94. The predicted octanol–water partition coefficient (Wildman–Crippen LogP) is 4.31. The van der Waals surface area contributed by atoms with Crippen LogP contribution in [0.1, 0.15) is 51.9 Å². The Balaban J connectivity index is 1.30. The third-order valence-electron chi connectivity index (χ3n) is 5.29. The van der Waals surface area contributed by atoms with Crippen molar-refractivity contribution in [3.63, 3.8) is 0 Å². The Bertz CT molecular complexity index is 759. The SMILES string of the molecule is Cc1cccc(N2CCC(NC(=O)c3ccc([C@@H]4CCCO4)s3)CC2)c1. The molecule has 0 spiro atoms. The molecule has 2 aromatic rings. The molecule has 4 rings (SSSR count). The molecule has 0 unspecified atom stereocenters. The standard InChI is InChI=1S/C21H26N2O2S/c1-15-4-2-5-17(14-15)23-11-9-16(10-12-23)22-21(24)20-8-7-19(26-20)18-6-3-13-25-18/h2,4-5,7-8,14,16,18H,3,6,9-13H2,1H3,(H,22,24)/t18-/m0/s1. The van der Waals surface area contributed by atoms with Crippen LogP contribution in [0.2, 0.25) is 0 Å². The Morgan fingerprint density at radius 1 is 1.19 bits per heavy atom. The van der Waals surface area contributed by atoms with Gasteiger partial charge in [0.05, 0.1) is 11.0 Å². The summed E-state index contributed by atoms with van der Waals surface area (Å²) < 4.78 is 5.72. The maximum atomic E-state index is 12.6. The Labute approximate surface area is 159 Å². The molecule has 0 saturated carbocycles. The fourth-order valence-electron chi connectivity index (χ4n) is 3.81. The molecule has 1 amide bonds. The van der Waals surface area contributed by atoms with Crippen molar-refractivity contribution in [1.29, 1.82) is 0 Å². The van der Waals surface area contributed by atoms with E-state index >= 15 is 0 Å². The van der Waals surface area contributed by atoms with Gasteiger partial charge < -0.3 is 15.0 Å². The van der Waals surface area contributed by atoms with Gasteiger partial charge in [0.25, 0.3) is 5.91 Å². The summed E-state index contributed by atoms with van der Waals surface area (Å²) in [6, 6.07) is 12.9. The largest absolute Gasteiger partial charge is 0.373 e. The number of hydrogen-bond acceptors (Lipinski definition) is 4. The van der Waals surface area contributed by atoms with Gasteiger partial charge in [-0.15, -0.1) is 11.3 Å². The van der Waals surface area contributed by atoms with Gasteiger partial charge in [-0.25, -0.2) is 0 Å². The van der Waals surface area contributed by atoms with Crippen LogP contribution in [0.3, 0.4) is 0 Å². The van der Waals surface area contributed by atoms with E-state index in [1.807, 2.05) is 6.07 Å². The summed E-state index contributed by atoms with van der Waals surface area (Å²) in [5.41, 5.74) is 2.58. The van der Waals surface area contributed by atoms with Gasteiger partial charge in [-0.05, 0) is 62.4 Å². The number of benzene rings is 1. The maximum Gasteiger partial charge on any atom is 0.261 e. The number of piperidine rings is 1. The molecule has 3 heterocycles. The molecular formula is C21H26N2O2S. The molecular weight excluding hydrogens is 344 g/mol. The van der Waals surface area contributed by atoms with E-state index in [-0.39, 0.29) is 18.1 Å². The number of anilines is 1. The highest BCUT2D eigenvalue weighted by atomic mass is 32.1. The first-order chi connectivity index (χ1) is 12.7. The smallest absolute Gasteiger partial charge is 0.261 e. The van der Waals surface area contributed by atoms with Gasteiger partial charge >= 0.3 is 0 Å². The van der Waals surface area contributed by atoms with Gasteiger partial charge in [-0.2, -0.15) is 0 Å². The number of ether oxygens (including phenoxy) is 1. The second kappa shape index (κ2) is 7.80. The minimum Gasteiger partial charge on any atom is -0.373 e. The van der Waals surface area contributed by atoms with Gasteiger partial charge in [0.1, 0.15) is 0 Å². The van der Waals surface area contributed by atoms with Crippen molar-refractivity contribution in [2.75, 3.05) is 24.6 Å². The molecule has 0 bridgehead atoms. The maximum absolute atomic E-state index is 12.6. The summed E-state index contributed by atoms with van der Waals surface area (Å²) in [5, 5.41) is 3.23. The van der Waals surface area contributed by atoms with Gasteiger partial charge in [0, 0.05) is 36.3 Å². The number of carbonyl (C=O) groups excluding carboxylic acids is 1. The van der Waals surface area contributed by atoms with E-state index in [0.717, 1.165) is 50.3 Å². The molecule has 5 heteroatoms. The normalized spacial score (nSPS) is 21.1. The van der Waals surface area contributed by atoms with Gasteiger partial charge in [-0.3, -0.25) is 4.79 Å². The van der Waals surface area contributed by atoms with Crippen LogP contribution >= 0.6 is 11.3 Å². The third-order valence-corrected chi connectivity index (χ3v) is 6.47. The summed E-state index contributed by atoms with van der Waals surface area (Å²) >= 11 is 1.58. The molecule has 4 nitrogen and oxygen atoms in total. The zero-order valence-electron chi connectivity index (χ0n) is 15.2. The highest BCUT2D eigenvalue weighted by Gasteiger charge is 2.24. The lowest BCUT2D eigenvalue weighted by Crippen LogP contribution is -2.44. The van der Waals surface area contributed by atoms with E-state index < -0.39 is 0 Å². The lowest BCUT2D eigenvalue weighted by molar-refractivity contribution is 0.0935. The van der Waals surface area contributed by atoms with Crippen molar-refractivity contribution in [1.82, 2.24) is 5.32 Å². The summed E-state index contributed by atoms with van der Waals surface area (Å²) in [5.74, 6) is 0.0632. The topological polar surface area (TPSA) is 41.6 Å². The number of hydrogen-bond donors (Lipinski definition) is 1. The molecule has 26 heavy (non-hydrogen) atoms. The van der Waals surface area contributed by atoms with Crippen LogP contribution in [0.15, 0.2) is 36.4 Å². The van der Waals surface area contributed by atoms with E-state index in [0.29, 0.717) is 0 Å². The van der Waals surface area contributed by atoms with E-state index in [9.17, 15) is 4.79 Å². The number of carbonyl (C=O) groups is 1. The average Bonchev–Trinajstić information content (AvgIpc) is 3.34. The number of aryl methyl sites for hydroxylation is 1. The second-order valence-electron chi connectivity index (χ2n) is 7.28. The lowest BCUT2D eigenvalue weighted by atomic mass is 10.0. The minimum absolute atomic E-state index is 0.0632. The van der Waals surface area contributed by atoms with Crippen LogP contribution < -0.4 is 10.2 Å². The number of thiophene rings is 1. The van der Waals surface area contributed by atoms with Crippen LogP contribution in [0.4, 0.5) is 5.69 Å². The Morgan fingerprint density at radius 2 is 2.04 bits per heavy atom. The molecule has 2 aliphatic heterocycles. The van der Waals surface area contributed by atoms with Crippen molar-refractivity contribution in [3.8, 4) is 0 Å². The van der Waals surface area contributed by atoms with Crippen LogP contribution in [-0.4, -0.2) is 31.6 Å². The van der Waals surface area contributed by atoms with Crippen LogP contribution in [0.5, 0.6) is 0 Å². The zero-order valence-corrected chi connectivity index (χ0v) is 16.1. The summed E-state index contributed by atoms with van der Waals surface area (Å²) in [7, 11) is 0. The number of nitrogens with zero attached hydrogens (tertiary/aromatic N) is 1. The highest BCUT2D eigenvalue weighted by Crippen LogP contribution is 2.33. The predicted molar refractivity (Wildman–Crippen MR) is 106 cm³/mol. The molecule has 0 radical (unpaired) electrons. The van der Waals surface area contributed by atoms with Gasteiger partial charge in [-0.1, -0.05) is 12.1 Å². The summed E-state index contributed by atoms with van der Waals surface area (Å²) in [6.07, 6.45) is 4.36. The van der Waals surface area contributed by atoms with Crippen molar-refractivity contribution >= 4 is 22.9 Å². The van der Waals surface area contributed by atoms with Crippen molar-refractivity contribution in [2.24, 2.45) is 0 Å². The molecule has 1 aromatic heterocycles. The quantitative estimate of drug-likeness (QED) is 0.872.